The van der Waals surface area contributed by atoms with Crippen LogP contribution in [0.15, 0.2) is 18.2 Å². The number of methoxy groups -OCH3 is 2. The van der Waals surface area contributed by atoms with Crippen LogP contribution in [0.1, 0.15) is 0 Å². The maximum atomic E-state index is 5.84. The van der Waals surface area contributed by atoms with Gasteiger partial charge in [-0.1, -0.05) is 0 Å². The molecule has 0 aliphatic rings. The number of hydrogen-bond acceptors (Lipinski definition) is 4. The highest BCUT2D eigenvalue weighted by Crippen LogP contribution is 2.22. The van der Waals surface area contributed by atoms with E-state index >= 15 is 0 Å². The van der Waals surface area contributed by atoms with Crippen molar-refractivity contribution in [1.29, 1.82) is 0 Å². The lowest BCUT2D eigenvalue weighted by Crippen LogP contribution is -2.07. The molecular formula is C11H15N3O2. The minimum atomic E-state index is 0.500. The number of nitrogen functional groups attached to an aromatic ring is 1. The first-order valence-corrected chi connectivity index (χ1v) is 5.05. The third kappa shape index (κ3) is 1.81. The Morgan fingerprint density at radius 3 is 2.88 bits per heavy atom. The molecule has 1 heterocycles. The maximum Gasteiger partial charge on any atom is 0.201 e. The summed E-state index contributed by atoms with van der Waals surface area (Å²) in [5, 5.41) is 0. The highest BCUT2D eigenvalue weighted by Gasteiger charge is 2.08. The Morgan fingerprint density at radius 1 is 1.38 bits per heavy atom. The molecule has 0 unspecified atom stereocenters. The quantitative estimate of drug-likeness (QED) is 0.844. The zero-order valence-corrected chi connectivity index (χ0v) is 9.43. The number of aromatic nitrogens is 2. The van der Waals surface area contributed by atoms with Gasteiger partial charge < -0.3 is 19.8 Å². The number of fused-ring (bicyclic) bond motifs is 1. The number of anilines is 1. The van der Waals surface area contributed by atoms with Gasteiger partial charge >= 0.3 is 0 Å². The van der Waals surface area contributed by atoms with Gasteiger partial charge in [0.2, 0.25) is 5.95 Å². The van der Waals surface area contributed by atoms with Gasteiger partial charge in [-0.05, 0) is 12.1 Å². The van der Waals surface area contributed by atoms with Crippen LogP contribution in [0.5, 0.6) is 5.75 Å². The predicted molar refractivity (Wildman–Crippen MR) is 62.6 cm³/mol. The zero-order chi connectivity index (χ0) is 11.5. The molecule has 0 spiro atoms. The van der Waals surface area contributed by atoms with Gasteiger partial charge in [-0.2, -0.15) is 0 Å². The number of benzene rings is 1. The van der Waals surface area contributed by atoms with Crippen molar-refractivity contribution in [3.05, 3.63) is 18.2 Å². The third-order valence-electron chi connectivity index (χ3n) is 2.50. The summed E-state index contributed by atoms with van der Waals surface area (Å²) in [4.78, 5) is 4.27. The zero-order valence-electron chi connectivity index (χ0n) is 9.43. The SMILES string of the molecule is COCCn1c(N)nc2ccc(OC)cc21. The Hall–Kier alpha value is -1.75. The molecule has 0 atom stereocenters. The first-order valence-electron chi connectivity index (χ1n) is 5.05. The van der Waals surface area contributed by atoms with E-state index in [0.717, 1.165) is 16.8 Å². The summed E-state index contributed by atoms with van der Waals surface area (Å²) in [6.45, 7) is 1.29. The molecule has 0 bridgehead atoms. The molecule has 16 heavy (non-hydrogen) atoms. The minimum Gasteiger partial charge on any atom is -0.497 e. The van der Waals surface area contributed by atoms with Gasteiger partial charge in [0.1, 0.15) is 5.75 Å². The van der Waals surface area contributed by atoms with Crippen LogP contribution in [0.3, 0.4) is 0 Å². The number of ether oxygens (including phenoxy) is 2. The van der Waals surface area contributed by atoms with E-state index in [2.05, 4.69) is 4.98 Å². The Bertz CT molecular complexity index is 493. The molecule has 2 rings (SSSR count). The molecule has 86 valence electrons. The van der Waals surface area contributed by atoms with Crippen molar-refractivity contribution in [2.45, 2.75) is 6.54 Å². The Kier molecular flexibility index (Phi) is 2.96. The average Bonchev–Trinajstić information content (AvgIpc) is 2.61. The summed E-state index contributed by atoms with van der Waals surface area (Å²) < 4.78 is 12.1. The van der Waals surface area contributed by atoms with Crippen LogP contribution in [0.4, 0.5) is 5.95 Å². The number of nitrogens with two attached hydrogens (primary N) is 1. The molecule has 0 amide bonds. The summed E-state index contributed by atoms with van der Waals surface area (Å²) in [6.07, 6.45) is 0. The predicted octanol–water partition coefficient (Wildman–Crippen LogP) is 1.27. The summed E-state index contributed by atoms with van der Waals surface area (Å²) in [7, 11) is 3.30. The largest absolute Gasteiger partial charge is 0.497 e. The van der Waals surface area contributed by atoms with Gasteiger partial charge in [-0.15, -0.1) is 0 Å². The summed E-state index contributed by atoms with van der Waals surface area (Å²) in [6, 6.07) is 5.69. The Balaban J connectivity index is 2.48. The highest BCUT2D eigenvalue weighted by molar-refractivity contribution is 5.79. The van der Waals surface area contributed by atoms with Crippen LogP contribution >= 0.6 is 0 Å². The molecule has 5 nitrogen and oxygen atoms in total. The first-order chi connectivity index (χ1) is 7.76. The lowest BCUT2D eigenvalue weighted by Gasteiger charge is -2.06. The van der Waals surface area contributed by atoms with Gasteiger partial charge in [-0.3, -0.25) is 0 Å². The van der Waals surface area contributed by atoms with Gasteiger partial charge in [-0.25, -0.2) is 4.98 Å². The van der Waals surface area contributed by atoms with Crippen molar-refractivity contribution in [1.82, 2.24) is 9.55 Å². The van der Waals surface area contributed by atoms with Crippen molar-refractivity contribution in [3.8, 4) is 5.75 Å². The Morgan fingerprint density at radius 2 is 2.19 bits per heavy atom. The number of rotatable bonds is 4. The van der Waals surface area contributed by atoms with Crippen molar-refractivity contribution in [2.24, 2.45) is 0 Å². The lowest BCUT2D eigenvalue weighted by molar-refractivity contribution is 0.189. The molecule has 5 heteroatoms. The second-order valence-electron chi connectivity index (χ2n) is 3.47. The van der Waals surface area contributed by atoms with Crippen molar-refractivity contribution in [2.75, 3.05) is 26.6 Å². The van der Waals surface area contributed by atoms with E-state index in [0.29, 0.717) is 19.1 Å². The monoisotopic (exact) mass is 221 g/mol. The first kappa shape index (κ1) is 10.8. The molecule has 0 saturated carbocycles. The van der Waals surface area contributed by atoms with Crippen LogP contribution in [-0.2, 0) is 11.3 Å². The van der Waals surface area contributed by atoms with Crippen molar-refractivity contribution < 1.29 is 9.47 Å². The van der Waals surface area contributed by atoms with Crippen LogP contribution in [0.25, 0.3) is 11.0 Å². The molecule has 2 N–H and O–H groups in total. The van der Waals surface area contributed by atoms with E-state index in [1.807, 2.05) is 22.8 Å². The van der Waals surface area contributed by atoms with E-state index < -0.39 is 0 Å². The van der Waals surface area contributed by atoms with Gasteiger partial charge in [0, 0.05) is 19.7 Å². The van der Waals surface area contributed by atoms with Crippen LogP contribution in [0.2, 0.25) is 0 Å². The third-order valence-corrected chi connectivity index (χ3v) is 2.50. The maximum absolute atomic E-state index is 5.84. The standard InChI is InChI=1S/C11H15N3O2/c1-15-6-5-14-10-7-8(16-2)3-4-9(10)13-11(14)12/h3-4,7H,5-6H2,1-2H3,(H2,12,13). The summed E-state index contributed by atoms with van der Waals surface area (Å²) in [5.74, 6) is 1.30. The van der Waals surface area contributed by atoms with E-state index in [4.69, 9.17) is 15.2 Å². The highest BCUT2D eigenvalue weighted by atomic mass is 16.5. The van der Waals surface area contributed by atoms with E-state index in [1.54, 1.807) is 14.2 Å². The molecule has 0 radical (unpaired) electrons. The smallest absolute Gasteiger partial charge is 0.201 e. The second kappa shape index (κ2) is 4.40. The molecule has 2 aromatic rings. The Labute approximate surface area is 93.8 Å². The number of imidazole rings is 1. The van der Waals surface area contributed by atoms with Crippen LogP contribution in [0, 0.1) is 0 Å². The van der Waals surface area contributed by atoms with E-state index in [1.165, 1.54) is 0 Å². The molecule has 0 saturated heterocycles. The van der Waals surface area contributed by atoms with Crippen LogP contribution in [-0.4, -0.2) is 30.4 Å². The summed E-state index contributed by atoms with van der Waals surface area (Å²) in [5.41, 5.74) is 7.68. The van der Waals surface area contributed by atoms with Gasteiger partial charge in [0.05, 0.1) is 24.8 Å². The topological polar surface area (TPSA) is 62.3 Å². The molecule has 1 aromatic heterocycles. The fourth-order valence-corrected chi connectivity index (χ4v) is 1.67. The van der Waals surface area contributed by atoms with Gasteiger partial charge in [0.15, 0.2) is 0 Å². The number of nitrogens with zero attached hydrogens (tertiary/aromatic N) is 2. The van der Waals surface area contributed by atoms with Gasteiger partial charge in [0.25, 0.3) is 0 Å². The summed E-state index contributed by atoms with van der Waals surface area (Å²) >= 11 is 0. The minimum absolute atomic E-state index is 0.500. The molecule has 0 aliphatic heterocycles. The van der Waals surface area contributed by atoms with Crippen molar-refractivity contribution in [3.63, 3.8) is 0 Å². The van der Waals surface area contributed by atoms with Crippen molar-refractivity contribution >= 4 is 17.0 Å². The number of hydrogen-bond donors (Lipinski definition) is 1. The van der Waals surface area contributed by atoms with Crippen LogP contribution < -0.4 is 10.5 Å². The molecule has 0 aliphatic carbocycles. The molecule has 0 fully saturated rings. The molecular weight excluding hydrogens is 206 g/mol. The van der Waals surface area contributed by atoms with E-state index in [-0.39, 0.29) is 0 Å². The fraction of sp³-hybridized carbons (Fsp3) is 0.364. The van der Waals surface area contributed by atoms with E-state index in [9.17, 15) is 0 Å². The second-order valence-corrected chi connectivity index (χ2v) is 3.47. The lowest BCUT2D eigenvalue weighted by atomic mass is 10.3. The molecule has 1 aromatic carbocycles. The normalized spacial score (nSPS) is 10.9. The average molecular weight is 221 g/mol. The fourth-order valence-electron chi connectivity index (χ4n) is 1.67.